The molecule has 0 saturated carbocycles. The van der Waals surface area contributed by atoms with Crippen LogP contribution in [0.1, 0.15) is 23.0 Å². The maximum absolute atomic E-state index is 12.7. The van der Waals surface area contributed by atoms with Gasteiger partial charge in [0.15, 0.2) is 0 Å². The average molecular weight is 431 g/mol. The lowest BCUT2D eigenvalue weighted by molar-refractivity contribution is 0.0950. The monoisotopic (exact) mass is 430 g/mol. The van der Waals surface area contributed by atoms with Gasteiger partial charge in [-0.2, -0.15) is 0 Å². The first kappa shape index (κ1) is 21.5. The normalized spacial score (nSPS) is 10.9. The summed E-state index contributed by atoms with van der Waals surface area (Å²) in [5.41, 5.74) is 3.52. The molecule has 7 heteroatoms. The fraction of sp³-hybridized carbons (Fsp3) is 0.240. The molecule has 1 amide bonds. The topological polar surface area (TPSA) is 78.3 Å². The highest BCUT2D eigenvalue weighted by Crippen LogP contribution is 2.30. The number of carbonyl (C=O) groups is 1. The first-order chi connectivity index (χ1) is 15.7. The number of nitrogens with zero attached hydrogens (tertiary/aromatic N) is 3. The number of hydrogen-bond donors (Lipinski definition) is 1. The van der Waals surface area contributed by atoms with Crippen LogP contribution in [0.4, 0.5) is 0 Å². The number of methoxy groups -OCH3 is 1. The van der Waals surface area contributed by atoms with Gasteiger partial charge in [0.05, 0.1) is 31.8 Å². The SMILES string of the molecule is CCOc1ncccc1-c1ccc2cc(C(=O)NCc3cncn3CCOC)ccc2c1. The molecule has 4 rings (SSSR count). The average Bonchev–Trinajstić information content (AvgIpc) is 3.28. The van der Waals surface area contributed by atoms with Gasteiger partial charge < -0.3 is 19.4 Å². The summed E-state index contributed by atoms with van der Waals surface area (Å²) in [6.07, 6.45) is 5.23. The number of ether oxygens (including phenoxy) is 2. The molecule has 0 unspecified atom stereocenters. The standard InChI is InChI=1S/C25H26N4O3/c1-3-32-25-23(5-4-10-27-25)20-8-6-19-14-21(9-7-18(19)13-20)24(30)28-16-22-15-26-17-29(22)11-12-31-2/h4-10,13-15,17H,3,11-12,16H2,1-2H3,(H,28,30). The van der Waals surface area contributed by atoms with Crippen LogP contribution in [0.3, 0.4) is 0 Å². The molecule has 2 aromatic carbocycles. The predicted molar refractivity (Wildman–Crippen MR) is 124 cm³/mol. The summed E-state index contributed by atoms with van der Waals surface area (Å²) in [6, 6.07) is 15.7. The van der Waals surface area contributed by atoms with E-state index in [-0.39, 0.29) is 5.91 Å². The molecule has 2 aromatic heterocycles. The Morgan fingerprint density at radius 1 is 1.12 bits per heavy atom. The highest BCUT2D eigenvalue weighted by molar-refractivity contribution is 5.99. The van der Waals surface area contributed by atoms with E-state index in [9.17, 15) is 4.79 Å². The van der Waals surface area contributed by atoms with Crippen molar-refractivity contribution >= 4 is 16.7 Å². The second-order valence-corrected chi connectivity index (χ2v) is 7.32. The maximum Gasteiger partial charge on any atom is 0.251 e. The van der Waals surface area contributed by atoms with Crippen LogP contribution in [-0.2, 0) is 17.8 Å². The number of carbonyl (C=O) groups excluding carboxylic acids is 1. The van der Waals surface area contributed by atoms with E-state index < -0.39 is 0 Å². The molecular formula is C25H26N4O3. The quantitative estimate of drug-likeness (QED) is 0.433. The number of fused-ring (bicyclic) bond motifs is 1. The van der Waals surface area contributed by atoms with Crippen molar-refractivity contribution in [2.75, 3.05) is 20.3 Å². The summed E-state index contributed by atoms with van der Waals surface area (Å²) in [7, 11) is 1.66. The van der Waals surface area contributed by atoms with E-state index in [1.807, 2.05) is 54.0 Å². The molecule has 1 N–H and O–H groups in total. The second kappa shape index (κ2) is 10.1. The van der Waals surface area contributed by atoms with Gasteiger partial charge in [0.2, 0.25) is 5.88 Å². The van der Waals surface area contributed by atoms with Crippen molar-refractivity contribution in [3.05, 3.63) is 78.5 Å². The van der Waals surface area contributed by atoms with Crippen molar-refractivity contribution in [2.24, 2.45) is 0 Å². The predicted octanol–water partition coefficient (Wildman–Crippen LogP) is 4.07. The maximum atomic E-state index is 12.7. The van der Waals surface area contributed by atoms with Gasteiger partial charge in [-0.05, 0) is 53.6 Å². The first-order valence-corrected chi connectivity index (χ1v) is 10.6. The molecule has 0 atom stereocenters. The van der Waals surface area contributed by atoms with Crippen LogP contribution in [0.5, 0.6) is 5.88 Å². The Balaban J connectivity index is 1.50. The van der Waals surface area contributed by atoms with E-state index in [2.05, 4.69) is 21.4 Å². The number of rotatable bonds is 9. The number of aromatic nitrogens is 3. The first-order valence-electron chi connectivity index (χ1n) is 10.6. The van der Waals surface area contributed by atoms with Crippen LogP contribution in [0.2, 0.25) is 0 Å². The number of nitrogens with one attached hydrogen (secondary N) is 1. The Labute approximate surface area is 187 Å². The lowest BCUT2D eigenvalue weighted by Gasteiger charge is -2.11. The minimum absolute atomic E-state index is 0.124. The number of amides is 1. The molecule has 0 spiro atoms. The lowest BCUT2D eigenvalue weighted by atomic mass is 10.0. The summed E-state index contributed by atoms with van der Waals surface area (Å²) >= 11 is 0. The summed E-state index contributed by atoms with van der Waals surface area (Å²) < 4.78 is 12.8. The molecule has 0 saturated heterocycles. The molecular weight excluding hydrogens is 404 g/mol. The summed E-state index contributed by atoms with van der Waals surface area (Å²) in [5.74, 6) is 0.497. The summed E-state index contributed by atoms with van der Waals surface area (Å²) in [4.78, 5) is 21.2. The molecule has 0 aliphatic rings. The van der Waals surface area contributed by atoms with Gasteiger partial charge in [-0.15, -0.1) is 0 Å². The lowest BCUT2D eigenvalue weighted by Crippen LogP contribution is -2.24. The third-order valence-corrected chi connectivity index (χ3v) is 5.23. The molecule has 0 fully saturated rings. The van der Waals surface area contributed by atoms with Gasteiger partial charge in [-0.3, -0.25) is 4.79 Å². The van der Waals surface area contributed by atoms with Crippen molar-refractivity contribution in [3.8, 4) is 17.0 Å². The van der Waals surface area contributed by atoms with Gasteiger partial charge in [0.1, 0.15) is 0 Å². The Morgan fingerprint density at radius 2 is 1.97 bits per heavy atom. The van der Waals surface area contributed by atoms with E-state index in [0.717, 1.165) is 27.6 Å². The Hall–Kier alpha value is -3.71. The van der Waals surface area contributed by atoms with Crippen molar-refractivity contribution in [1.29, 1.82) is 0 Å². The minimum Gasteiger partial charge on any atom is -0.478 e. The van der Waals surface area contributed by atoms with Gasteiger partial charge in [-0.1, -0.05) is 18.2 Å². The van der Waals surface area contributed by atoms with E-state index in [0.29, 0.717) is 37.7 Å². The molecule has 0 aliphatic heterocycles. The zero-order valence-corrected chi connectivity index (χ0v) is 18.2. The fourth-order valence-electron chi connectivity index (χ4n) is 3.58. The molecule has 2 heterocycles. The molecule has 0 radical (unpaired) electrons. The smallest absolute Gasteiger partial charge is 0.251 e. The summed E-state index contributed by atoms with van der Waals surface area (Å²) in [5, 5.41) is 5.01. The van der Waals surface area contributed by atoms with Crippen LogP contribution in [0, 0.1) is 0 Å². The van der Waals surface area contributed by atoms with Gasteiger partial charge >= 0.3 is 0 Å². The summed E-state index contributed by atoms with van der Waals surface area (Å²) in [6.45, 7) is 4.19. The van der Waals surface area contributed by atoms with E-state index in [4.69, 9.17) is 9.47 Å². The van der Waals surface area contributed by atoms with Gasteiger partial charge in [0.25, 0.3) is 5.91 Å². The third-order valence-electron chi connectivity index (χ3n) is 5.23. The number of hydrogen-bond acceptors (Lipinski definition) is 5. The highest BCUT2D eigenvalue weighted by Gasteiger charge is 2.11. The molecule has 7 nitrogen and oxygen atoms in total. The van der Waals surface area contributed by atoms with Crippen molar-refractivity contribution in [3.63, 3.8) is 0 Å². The van der Waals surface area contributed by atoms with E-state index in [1.54, 1.807) is 25.8 Å². The number of benzene rings is 2. The molecule has 0 bridgehead atoms. The van der Waals surface area contributed by atoms with Crippen LogP contribution in [-0.4, -0.2) is 40.8 Å². The molecule has 32 heavy (non-hydrogen) atoms. The molecule has 164 valence electrons. The highest BCUT2D eigenvalue weighted by atomic mass is 16.5. The van der Waals surface area contributed by atoms with E-state index >= 15 is 0 Å². The van der Waals surface area contributed by atoms with Crippen LogP contribution in [0.15, 0.2) is 67.3 Å². The molecule has 4 aromatic rings. The van der Waals surface area contributed by atoms with Gasteiger partial charge in [0, 0.05) is 37.2 Å². The second-order valence-electron chi connectivity index (χ2n) is 7.32. The largest absolute Gasteiger partial charge is 0.478 e. The number of imidazole rings is 1. The number of pyridine rings is 1. The Bertz CT molecular complexity index is 1220. The van der Waals surface area contributed by atoms with Gasteiger partial charge in [-0.25, -0.2) is 9.97 Å². The minimum atomic E-state index is -0.124. The van der Waals surface area contributed by atoms with Crippen LogP contribution >= 0.6 is 0 Å². The third kappa shape index (κ3) is 4.78. The van der Waals surface area contributed by atoms with E-state index in [1.165, 1.54) is 0 Å². The fourth-order valence-corrected chi connectivity index (χ4v) is 3.58. The zero-order valence-electron chi connectivity index (χ0n) is 18.2. The molecule has 0 aliphatic carbocycles. The van der Waals surface area contributed by atoms with Crippen molar-refractivity contribution in [1.82, 2.24) is 19.9 Å². The van der Waals surface area contributed by atoms with Crippen LogP contribution in [0.25, 0.3) is 21.9 Å². The zero-order chi connectivity index (χ0) is 22.3. The Kier molecular flexibility index (Phi) is 6.77. The van der Waals surface area contributed by atoms with Crippen molar-refractivity contribution < 1.29 is 14.3 Å². The Morgan fingerprint density at radius 3 is 2.81 bits per heavy atom. The van der Waals surface area contributed by atoms with Crippen LogP contribution < -0.4 is 10.1 Å². The van der Waals surface area contributed by atoms with Crippen molar-refractivity contribution in [2.45, 2.75) is 20.0 Å².